The average molecular weight is 338 g/mol. The number of hydrogen-bond donors (Lipinski definition) is 0. The highest BCUT2D eigenvalue weighted by Crippen LogP contribution is 2.31. The number of hydrogen-bond acceptors (Lipinski definition) is 5. The fourth-order valence-electron chi connectivity index (χ4n) is 1.85. The summed E-state index contributed by atoms with van der Waals surface area (Å²) in [5.74, 6) is -0.834. The lowest BCUT2D eigenvalue weighted by molar-refractivity contribution is 0.101. The van der Waals surface area contributed by atoms with Gasteiger partial charge in [-0.05, 0) is 49.7 Å². The summed E-state index contributed by atoms with van der Waals surface area (Å²) in [5.41, 5.74) is 0.681. The molecular weight excluding hydrogens is 323 g/mol. The highest BCUT2D eigenvalue weighted by molar-refractivity contribution is 7.87. The molecule has 0 N–H and O–H groups in total. The molecular formula is C16H15FO5S. The van der Waals surface area contributed by atoms with Crippen molar-refractivity contribution in [2.45, 2.75) is 18.7 Å². The minimum atomic E-state index is -4.22. The second kappa shape index (κ2) is 6.37. The summed E-state index contributed by atoms with van der Waals surface area (Å²) < 4.78 is 48.1. The van der Waals surface area contributed by atoms with E-state index in [9.17, 15) is 17.6 Å². The van der Waals surface area contributed by atoms with Crippen LogP contribution in [0.5, 0.6) is 11.5 Å². The molecule has 0 bridgehead atoms. The molecule has 0 atom stereocenters. The maximum absolute atomic E-state index is 13.6. The van der Waals surface area contributed by atoms with Gasteiger partial charge in [-0.25, -0.2) is 4.39 Å². The molecule has 0 aromatic heterocycles. The molecule has 0 saturated carbocycles. The third-order valence-electron chi connectivity index (χ3n) is 3.20. The van der Waals surface area contributed by atoms with E-state index in [2.05, 4.69) is 0 Å². The summed E-state index contributed by atoms with van der Waals surface area (Å²) in [5, 5.41) is 0. The van der Waals surface area contributed by atoms with Gasteiger partial charge in [-0.3, -0.25) is 4.79 Å². The zero-order valence-electron chi connectivity index (χ0n) is 12.8. The Morgan fingerprint density at radius 3 is 2.35 bits per heavy atom. The first kappa shape index (κ1) is 17.0. The van der Waals surface area contributed by atoms with Crippen LogP contribution in [0.1, 0.15) is 22.8 Å². The molecule has 23 heavy (non-hydrogen) atoms. The number of aryl methyl sites for hydroxylation is 1. The molecule has 0 aliphatic rings. The third kappa shape index (κ3) is 3.68. The van der Waals surface area contributed by atoms with Gasteiger partial charge in [0.05, 0.1) is 7.11 Å². The molecule has 0 spiro atoms. The van der Waals surface area contributed by atoms with E-state index >= 15 is 0 Å². The van der Waals surface area contributed by atoms with Crippen LogP contribution in [0, 0.1) is 12.7 Å². The average Bonchev–Trinajstić information content (AvgIpc) is 2.49. The minimum Gasteiger partial charge on any atom is -0.493 e. The number of ketones is 1. The van der Waals surface area contributed by atoms with Gasteiger partial charge in [-0.1, -0.05) is 6.07 Å². The third-order valence-corrected chi connectivity index (χ3v) is 4.43. The van der Waals surface area contributed by atoms with Crippen molar-refractivity contribution in [2.75, 3.05) is 7.11 Å². The highest BCUT2D eigenvalue weighted by Gasteiger charge is 2.21. The van der Waals surface area contributed by atoms with Gasteiger partial charge in [0.15, 0.2) is 17.3 Å². The molecule has 0 fully saturated rings. The van der Waals surface area contributed by atoms with Crippen LogP contribution < -0.4 is 8.92 Å². The Labute approximate surface area is 133 Å². The summed E-state index contributed by atoms with van der Waals surface area (Å²) >= 11 is 0. The zero-order chi connectivity index (χ0) is 17.2. The van der Waals surface area contributed by atoms with Gasteiger partial charge in [-0.2, -0.15) is 8.42 Å². The number of halogens is 1. The number of carbonyl (C=O) groups is 1. The van der Waals surface area contributed by atoms with Crippen LogP contribution in [0.2, 0.25) is 0 Å². The van der Waals surface area contributed by atoms with Gasteiger partial charge < -0.3 is 8.92 Å². The van der Waals surface area contributed by atoms with Crippen LogP contribution in [-0.2, 0) is 10.1 Å². The summed E-state index contributed by atoms with van der Waals surface area (Å²) in [7, 11) is -2.90. The Bertz CT molecular complexity index is 859. The molecule has 0 heterocycles. The molecule has 0 unspecified atom stereocenters. The molecule has 2 aromatic rings. The van der Waals surface area contributed by atoms with Crippen molar-refractivity contribution >= 4 is 15.9 Å². The van der Waals surface area contributed by atoms with Crippen LogP contribution in [0.4, 0.5) is 4.39 Å². The fraction of sp³-hybridized carbons (Fsp3) is 0.188. The van der Waals surface area contributed by atoms with E-state index in [0.717, 1.165) is 6.07 Å². The van der Waals surface area contributed by atoms with E-state index < -0.39 is 15.9 Å². The molecule has 5 nitrogen and oxygen atoms in total. The highest BCUT2D eigenvalue weighted by atomic mass is 32.2. The lowest BCUT2D eigenvalue weighted by atomic mass is 10.1. The van der Waals surface area contributed by atoms with E-state index in [-0.39, 0.29) is 22.2 Å². The minimum absolute atomic E-state index is 0.0847. The molecule has 0 radical (unpaired) electrons. The van der Waals surface area contributed by atoms with Crippen LogP contribution in [-0.4, -0.2) is 21.3 Å². The normalized spacial score (nSPS) is 11.1. The Morgan fingerprint density at radius 1 is 1.09 bits per heavy atom. The summed E-state index contributed by atoms with van der Waals surface area (Å²) in [4.78, 5) is 11.0. The van der Waals surface area contributed by atoms with Crippen molar-refractivity contribution in [3.05, 3.63) is 53.3 Å². The summed E-state index contributed by atoms with van der Waals surface area (Å²) in [6.07, 6.45) is 0. The van der Waals surface area contributed by atoms with Crippen molar-refractivity contribution in [1.29, 1.82) is 0 Å². The largest absolute Gasteiger partial charge is 0.493 e. The fourth-order valence-corrected chi connectivity index (χ4v) is 2.80. The predicted octanol–water partition coefficient (Wildman–Crippen LogP) is 3.11. The van der Waals surface area contributed by atoms with Gasteiger partial charge in [0.2, 0.25) is 0 Å². The van der Waals surface area contributed by atoms with Crippen LogP contribution in [0.3, 0.4) is 0 Å². The molecule has 2 rings (SSSR count). The first-order chi connectivity index (χ1) is 10.7. The molecule has 7 heteroatoms. The second-order valence-corrected chi connectivity index (χ2v) is 6.42. The van der Waals surface area contributed by atoms with Gasteiger partial charge in [0.25, 0.3) is 0 Å². The van der Waals surface area contributed by atoms with Gasteiger partial charge in [-0.15, -0.1) is 0 Å². The smallest absolute Gasteiger partial charge is 0.339 e. The second-order valence-electron chi connectivity index (χ2n) is 4.87. The maximum Gasteiger partial charge on any atom is 0.339 e. The van der Waals surface area contributed by atoms with Crippen LogP contribution in [0.25, 0.3) is 0 Å². The molecule has 0 saturated heterocycles. The van der Waals surface area contributed by atoms with Gasteiger partial charge in [0.1, 0.15) is 10.7 Å². The van der Waals surface area contributed by atoms with Crippen molar-refractivity contribution in [1.82, 2.24) is 0 Å². The Balaban J connectivity index is 2.40. The molecule has 2 aromatic carbocycles. The number of rotatable bonds is 5. The number of ether oxygens (including phenoxy) is 1. The first-order valence-electron chi connectivity index (χ1n) is 6.64. The summed E-state index contributed by atoms with van der Waals surface area (Å²) in [6, 6.07) is 7.61. The Morgan fingerprint density at radius 2 is 1.78 bits per heavy atom. The van der Waals surface area contributed by atoms with Gasteiger partial charge in [0, 0.05) is 5.56 Å². The van der Waals surface area contributed by atoms with Crippen molar-refractivity contribution in [2.24, 2.45) is 0 Å². The van der Waals surface area contributed by atoms with Crippen molar-refractivity contribution in [3.63, 3.8) is 0 Å². The lowest BCUT2D eigenvalue weighted by Gasteiger charge is -2.12. The zero-order valence-corrected chi connectivity index (χ0v) is 13.6. The monoisotopic (exact) mass is 338 g/mol. The lowest BCUT2D eigenvalue weighted by Crippen LogP contribution is -2.11. The topological polar surface area (TPSA) is 69.7 Å². The summed E-state index contributed by atoms with van der Waals surface area (Å²) in [6.45, 7) is 2.90. The number of Topliss-reactive ketones (excluding diaryl/α,β-unsaturated/α-hetero) is 1. The van der Waals surface area contributed by atoms with E-state index in [1.165, 1.54) is 51.3 Å². The standard InChI is InChI=1S/C16H15FO5S/c1-10-4-6-13(9-14(10)17)23(19,20)22-15-7-5-12(11(2)18)8-16(15)21-3/h4-9H,1-3H3. The van der Waals surface area contributed by atoms with Crippen molar-refractivity contribution < 1.29 is 26.5 Å². The first-order valence-corrected chi connectivity index (χ1v) is 8.05. The van der Waals surface area contributed by atoms with E-state index in [0.29, 0.717) is 11.1 Å². The molecule has 0 amide bonds. The van der Waals surface area contributed by atoms with E-state index in [1.807, 2.05) is 0 Å². The number of carbonyl (C=O) groups excluding carboxylic acids is 1. The van der Waals surface area contributed by atoms with Crippen LogP contribution in [0.15, 0.2) is 41.3 Å². The quantitative estimate of drug-likeness (QED) is 0.619. The van der Waals surface area contributed by atoms with Crippen molar-refractivity contribution in [3.8, 4) is 11.5 Å². The van der Waals surface area contributed by atoms with E-state index in [1.54, 1.807) is 0 Å². The number of methoxy groups -OCH3 is 1. The Kier molecular flexibility index (Phi) is 4.70. The SMILES string of the molecule is COc1cc(C(C)=O)ccc1OS(=O)(=O)c1ccc(C)c(F)c1. The molecule has 0 aliphatic carbocycles. The maximum atomic E-state index is 13.6. The van der Waals surface area contributed by atoms with E-state index in [4.69, 9.17) is 8.92 Å². The van der Waals surface area contributed by atoms with Gasteiger partial charge >= 0.3 is 10.1 Å². The molecule has 0 aliphatic heterocycles. The van der Waals surface area contributed by atoms with Crippen LogP contribution >= 0.6 is 0 Å². The molecule has 122 valence electrons. The Hall–Kier alpha value is -2.41. The number of benzene rings is 2. The predicted molar refractivity (Wildman–Crippen MR) is 81.9 cm³/mol.